The monoisotopic (exact) mass is 357 g/mol. The molecule has 136 valence electrons. The molecule has 1 N–H and O–H groups in total. The van der Waals surface area contributed by atoms with Crippen molar-refractivity contribution >= 4 is 30.1 Å². The minimum Gasteiger partial charge on any atom is -0.341 e. The SMILES string of the molecule is CNCC1CCCN(C(=O)CN2C(=O)C3CCCCC3C2=O)C1.Cl. The molecule has 24 heavy (non-hydrogen) atoms. The zero-order valence-corrected chi connectivity index (χ0v) is 15.1. The molecule has 2 aliphatic heterocycles. The molecule has 0 aromatic rings. The number of piperidine rings is 1. The van der Waals surface area contributed by atoms with Crippen molar-refractivity contribution in [3.63, 3.8) is 0 Å². The van der Waals surface area contributed by atoms with Crippen LogP contribution in [0, 0.1) is 17.8 Å². The molecule has 2 saturated heterocycles. The molecule has 2 heterocycles. The van der Waals surface area contributed by atoms with E-state index in [2.05, 4.69) is 5.32 Å². The van der Waals surface area contributed by atoms with Crippen molar-refractivity contribution in [1.29, 1.82) is 0 Å². The van der Waals surface area contributed by atoms with Gasteiger partial charge in [-0.25, -0.2) is 0 Å². The number of fused-ring (bicyclic) bond motifs is 1. The van der Waals surface area contributed by atoms with Gasteiger partial charge in [-0.1, -0.05) is 12.8 Å². The number of carbonyl (C=O) groups excluding carboxylic acids is 3. The summed E-state index contributed by atoms with van der Waals surface area (Å²) >= 11 is 0. The number of nitrogens with zero attached hydrogens (tertiary/aromatic N) is 2. The van der Waals surface area contributed by atoms with Crippen LogP contribution < -0.4 is 5.32 Å². The van der Waals surface area contributed by atoms with Crippen molar-refractivity contribution in [2.75, 3.05) is 33.2 Å². The lowest BCUT2D eigenvalue weighted by molar-refractivity contribution is -0.147. The van der Waals surface area contributed by atoms with Crippen LogP contribution in [0.1, 0.15) is 38.5 Å². The predicted octanol–water partition coefficient (Wildman–Crippen LogP) is 1.04. The lowest BCUT2D eigenvalue weighted by Gasteiger charge is -2.33. The van der Waals surface area contributed by atoms with Gasteiger partial charge in [0.1, 0.15) is 6.54 Å². The topological polar surface area (TPSA) is 69.7 Å². The smallest absolute Gasteiger partial charge is 0.242 e. The minimum absolute atomic E-state index is 0. The van der Waals surface area contributed by atoms with Gasteiger partial charge in [-0.3, -0.25) is 19.3 Å². The van der Waals surface area contributed by atoms with E-state index in [-0.39, 0.29) is 48.5 Å². The van der Waals surface area contributed by atoms with Gasteiger partial charge in [-0.05, 0) is 45.2 Å². The molecule has 1 aliphatic carbocycles. The van der Waals surface area contributed by atoms with Crippen LogP contribution in [0.5, 0.6) is 0 Å². The Balaban J connectivity index is 0.00000208. The highest BCUT2D eigenvalue weighted by Gasteiger charge is 2.48. The van der Waals surface area contributed by atoms with E-state index in [1.807, 2.05) is 11.9 Å². The standard InChI is InChI=1S/C17H27N3O3.ClH/c1-18-9-12-5-4-8-19(10-12)15(21)11-20-16(22)13-6-2-3-7-14(13)17(20)23;/h12-14,18H,2-11H2,1H3;1H. The van der Waals surface area contributed by atoms with Crippen LogP contribution in [0.4, 0.5) is 0 Å². The number of likely N-dealkylation sites (tertiary alicyclic amines) is 2. The Bertz CT molecular complexity index is 473. The summed E-state index contributed by atoms with van der Waals surface area (Å²) in [5, 5.41) is 3.16. The second-order valence-electron chi connectivity index (χ2n) is 7.17. The second kappa shape index (κ2) is 8.30. The van der Waals surface area contributed by atoms with Gasteiger partial charge in [0.25, 0.3) is 0 Å². The number of nitrogens with one attached hydrogen (secondary N) is 1. The van der Waals surface area contributed by atoms with E-state index in [1.165, 1.54) is 4.90 Å². The summed E-state index contributed by atoms with van der Waals surface area (Å²) in [4.78, 5) is 40.5. The van der Waals surface area contributed by atoms with Crippen LogP contribution in [0.3, 0.4) is 0 Å². The second-order valence-corrected chi connectivity index (χ2v) is 7.17. The van der Waals surface area contributed by atoms with Crippen molar-refractivity contribution in [1.82, 2.24) is 15.1 Å². The fourth-order valence-corrected chi connectivity index (χ4v) is 4.37. The highest BCUT2D eigenvalue weighted by Crippen LogP contribution is 2.37. The average Bonchev–Trinajstić information content (AvgIpc) is 2.81. The Kier molecular flexibility index (Phi) is 6.63. The summed E-state index contributed by atoms with van der Waals surface area (Å²) in [5.41, 5.74) is 0. The van der Waals surface area contributed by atoms with Gasteiger partial charge in [0.2, 0.25) is 17.7 Å². The van der Waals surface area contributed by atoms with Crippen molar-refractivity contribution < 1.29 is 14.4 Å². The fraction of sp³-hybridized carbons (Fsp3) is 0.824. The van der Waals surface area contributed by atoms with Gasteiger partial charge in [-0.2, -0.15) is 0 Å². The first-order valence-corrected chi connectivity index (χ1v) is 8.89. The number of hydrogen-bond donors (Lipinski definition) is 1. The average molecular weight is 358 g/mol. The molecule has 0 radical (unpaired) electrons. The molecule has 3 atom stereocenters. The highest BCUT2D eigenvalue weighted by atomic mass is 35.5. The van der Waals surface area contributed by atoms with Crippen LogP contribution in [0.2, 0.25) is 0 Å². The number of halogens is 1. The van der Waals surface area contributed by atoms with Crippen LogP contribution in [-0.4, -0.2) is 60.7 Å². The van der Waals surface area contributed by atoms with E-state index in [4.69, 9.17) is 0 Å². The molecular formula is C17H28ClN3O3. The summed E-state index contributed by atoms with van der Waals surface area (Å²) in [7, 11) is 1.92. The lowest BCUT2D eigenvalue weighted by atomic mass is 9.81. The molecule has 3 unspecified atom stereocenters. The number of rotatable bonds is 4. The fourth-order valence-electron chi connectivity index (χ4n) is 4.37. The predicted molar refractivity (Wildman–Crippen MR) is 92.6 cm³/mol. The van der Waals surface area contributed by atoms with Crippen molar-refractivity contribution in [3.05, 3.63) is 0 Å². The Labute approximate surface area is 149 Å². The third kappa shape index (κ3) is 3.75. The normalized spacial score (nSPS) is 30.1. The number of carbonyl (C=O) groups is 3. The van der Waals surface area contributed by atoms with Gasteiger partial charge in [-0.15, -0.1) is 12.4 Å². The van der Waals surface area contributed by atoms with E-state index < -0.39 is 0 Å². The first kappa shape index (κ1) is 19.2. The molecule has 3 fully saturated rings. The van der Waals surface area contributed by atoms with Crippen LogP contribution >= 0.6 is 12.4 Å². The lowest BCUT2D eigenvalue weighted by Crippen LogP contribution is -2.48. The zero-order chi connectivity index (χ0) is 16.4. The first-order valence-electron chi connectivity index (χ1n) is 8.89. The maximum atomic E-state index is 12.6. The molecule has 3 rings (SSSR count). The minimum atomic E-state index is -0.164. The van der Waals surface area contributed by atoms with E-state index in [1.54, 1.807) is 0 Å². The van der Waals surface area contributed by atoms with E-state index in [0.29, 0.717) is 5.92 Å². The molecular weight excluding hydrogens is 330 g/mol. The molecule has 3 amide bonds. The third-order valence-corrected chi connectivity index (χ3v) is 5.59. The van der Waals surface area contributed by atoms with Crippen molar-refractivity contribution in [2.45, 2.75) is 38.5 Å². The molecule has 6 nitrogen and oxygen atoms in total. The highest BCUT2D eigenvalue weighted by molar-refractivity contribution is 6.07. The van der Waals surface area contributed by atoms with Gasteiger partial charge < -0.3 is 10.2 Å². The molecule has 3 aliphatic rings. The summed E-state index contributed by atoms with van der Waals surface area (Å²) in [6.45, 7) is 2.30. The molecule has 0 bridgehead atoms. The van der Waals surface area contributed by atoms with Gasteiger partial charge >= 0.3 is 0 Å². The molecule has 0 aromatic carbocycles. The maximum Gasteiger partial charge on any atom is 0.242 e. The Morgan fingerprint density at radius 2 is 1.71 bits per heavy atom. The van der Waals surface area contributed by atoms with Crippen LogP contribution in [0.25, 0.3) is 0 Å². The first-order chi connectivity index (χ1) is 11.1. The largest absolute Gasteiger partial charge is 0.341 e. The number of imide groups is 1. The maximum absolute atomic E-state index is 12.6. The number of amides is 3. The van der Waals surface area contributed by atoms with E-state index >= 15 is 0 Å². The summed E-state index contributed by atoms with van der Waals surface area (Å²) in [6, 6.07) is 0. The quantitative estimate of drug-likeness (QED) is 0.763. The van der Waals surface area contributed by atoms with Gasteiger partial charge in [0.15, 0.2) is 0 Å². The summed E-state index contributed by atoms with van der Waals surface area (Å²) in [5.74, 6) is -0.171. The Morgan fingerprint density at radius 3 is 2.29 bits per heavy atom. The van der Waals surface area contributed by atoms with Crippen molar-refractivity contribution in [2.24, 2.45) is 17.8 Å². The third-order valence-electron chi connectivity index (χ3n) is 5.59. The summed E-state index contributed by atoms with van der Waals surface area (Å²) < 4.78 is 0. The molecule has 1 saturated carbocycles. The molecule has 0 spiro atoms. The van der Waals surface area contributed by atoms with Crippen LogP contribution in [0.15, 0.2) is 0 Å². The van der Waals surface area contributed by atoms with Crippen molar-refractivity contribution in [3.8, 4) is 0 Å². The van der Waals surface area contributed by atoms with E-state index in [0.717, 1.165) is 58.2 Å². The Morgan fingerprint density at radius 1 is 1.08 bits per heavy atom. The van der Waals surface area contributed by atoms with Gasteiger partial charge in [0, 0.05) is 13.1 Å². The van der Waals surface area contributed by atoms with Crippen LogP contribution in [-0.2, 0) is 14.4 Å². The number of hydrogen-bond acceptors (Lipinski definition) is 4. The molecule has 7 heteroatoms. The van der Waals surface area contributed by atoms with E-state index in [9.17, 15) is 14.4 Å². The molecule has 0 aromatic heterocycles. The zero-order valence-electron chi connectivity index (χ0n) is 14.3. The summed E-state index contributed by atoms with van der Waals surface area (Å²) in [6.07, 6.45) is 5.74. The Hall–Kier alpha value is -1.14. The van der Waals surface area contributed by atoms with Gasteiger partial charge in [0.05, 0.1) is 11.8 Å².